The van der Waals surface area contributed by atoms with Crippen molar-refractivity contribution in [2.45, 2.75) is 26.3 Å². The van der Waals surface area contributed by atoms with Gasteiger partial charge in [-0.2, -0.15) is 5.10 Å². The van der Waals surface area contributed by atoms with E-state index in [9.17, 15) is 0 Å². The van der Waals surface area contributed by atoms with E-state index in [0.29, 0.717) is 4.77 Å². The summed E-state index contributed by atoms with van der Waals surface area (Å²) in [4.78, 5) is 7.96. The number of nitrogens with one attached hydrogen (secondary N) is 1. The van der Waals surface area contributed by atoms with Gasteiger partial charge in [-0.3, -0.25) is 9.67 Å². The van der Waals surface area contributed by atoms with E-state index in [1.807, 2.05) is 4.57 Å². The molecule has 6 heteroatoms. The number of aromatic nitrogens is 5. The lowest BCUT2D eigenvalue weighted by Crippen LogP contribution is -2.23. The molecular weight excluding hydrogens is 222 g/mol. The summed E-state index contributed by atoms with van der Waals surface area (Å²) in [6.45, 7) is 6.23. The molecule has 0 amide bonds. The number of rotatable bonds is 1. The SMILES string of the molecule is CC(C)(C)n1c(-c2cncnc2)n[nH]c1=S. The number of aromatic amines is 1. The molecule has 2 heterocycles. The summed E-state index contributed by atoms with van der Waals surface area (Å²) in [6, 6.07) is 0. The van der Waals surface area contributed by atoms with Crippen LogP contribution in [0, 0.1) is 4.77 Å². The minimum absolute atomic E-state index is 0.130. The van der Waals surface area contributed by atoms with Crippen LogP contribution in [0.1, 0.15) is 20.8 Å². The Kier molecular flexibility index (Phi) is 2.59. The van der Waals surface area contributed by atoms with Crippen molar-refractivity contribution in [3.05, 3.63) is 23.5 Å². The topological polar surface area (TPSA) is 59.4 Å². The molecule has 2 aromatic rings. The molecule has 16 heavy (non-hydrogen) atoms. The van der Waals surface area contributed by atoms with Crippen LogP contribution in [0.25, 0.3) is 11.4 Å². The zero-order valence-corrected chi connectivity index (χ0v) is 10.2. The zero-order chi connectivity index (χ0) is 11.8. The highest BCUT2D eigenvalue weighted by molar-refractivity contribution is 7.71. The summed E-state index contributed by atoms with van der Waals surface area (Å²) in [6.07, 6.45) is 4.94. The average molecular weight is 235 g/mol. The molecule has 0 saturated carbocycles. The van der Waals surface area contributed by atoms with E-state index < -0.39 is 0 Å². The quantitative estimate of drug-likeness (QED) is 0.769. The third-order valence-electron chi connectivity index (χ3n) is 2.16. The van der Waals surface area contributed by atoms with Gasteiger partial charge in [0.1, 0.15) is 6.33 Å². The second-order valence-electron chi connectivity index (χ2n) is 4.49. The van der Waals surface area contributed by atoms with E-state index in [-0.39, 0.29) is 5.54 Å². The maximum absolute atomic E-state index is 5.23. The third kappa shape index (κ3) is 1.88. The Labute approximate surface area is 98.6 Å². The molecule has 0 fully saturated rings. The maximum atomic E-state index is 5.23. The third-order valence-corrected chi connectivity index (χ3v) is 2.44. The predicted octanol–water partition coefficient (Wildman–Crippen LogP) is 2.15. The molecule has 0 spiro atoms. The largest absolute Gasteiger partial charge is 0.295 e. The second-order valence-corrected chi connectivity index (χ2v) is 4.87. The summed E-state index contributed by atoms with van der Waals surface area (Å²) in [7, 11) is 0. The fourth-order valence-electron chi connectivity index (χ4n) is 1.53. The van der Waals surface area contributed by atoms with Crippen LogP contribution in [0.5, 0.6) is 0 Å². The first kappa shape index (κ1) is 10.9. The lowest BCUT2D eigenvalue weighted by molar-refractivity contribution is 0.395. The normalized spacial score (nSPS) is 11.7. The van der Waals surface area contributed by atoms with E-state index in [1.165, 1.54) is 6.33 Å². The molecule has 0 bridgehead atoms. The molecule has 0 aliphatic heterocycles. The summed E-state index contributed by atoms with van der Waals surface area (Å²) >= 11 is 5.23. The Morgan fingerprint density at radius 2 is 1.88 bits per heavy atom. The Bertz CT molecular complexity index is 534. The van der Waals surface area contributed by atoms with E-state index in [0.717, 1.165) is 11.4 Å². The minimum atomic E-state index is -0.130. The molecule has 1 N–H and O–H groups in total. The van der Waals surface area contributed by atoms with E-state index in [4.69, 9.17) is 12.2 Å². The Morgan fingerprint density at radius 1 is 1.25 bits per heavy atom. The number of H-pyrrole nitrogens is 1. The molecule has 0 aliphatic carbocycles. The van der Waals surface area contributed by atoms with Gasteiger partial charge in [-0.1, -0.05) is 0 Å². The molecule has 84 valence electrons. The Morgan fingerprint density at radius 3 is 2.44 bits per heavy atom. The molecule has 0 radical (unpaired) electrons. The fourth-order valence-corrected chi connectivity index (χ4v) is 1.93. The second kappa shape index (κ2) is 3.79. The predicted molar refractivity (Wildman–Crippen MR) is 63.4 cm³/mol. The van der Waals surface area contributed by atoms with Gasteiger partial charge in [0.25, 0.3) is 0 Å². The first-order valence-corrected chi connectivity index (χ1v) is 5.34. The van der Waals surface area contributed by atoms with Crippen LogP contribution >= 0.6 is 12.2 Å². The van der Waals surface area contributed by atoms with Crippen LogP contribution in [0.2, 0.25) is 0 Å². The van der Waals surface area contributed by atoms with Crippen LogP contribution in [-0.2, 0) is 5.54 Å². The van der Waals surface area contributed by atoms with Crippen LogP contribution in [0.3, 0.4) is 0 Å². The number of nitrogens with zero attached hydrogens (tertiary/aromatic N) is 4. The van der Waals surface area contributed by atoms with Crippen molar-refractivity contribution < 1.29 is 0 Å². The smallest absolute Gasteiger partial charge is 0.195 e. The molecule has 5 nitrogen and oxygen atoms in total. The highest BCUT2D eigenvalue weighted by Crippen LogP contribution is 2.23. The van der Waals surface area contributed by atoms with Crippen molar-refractivity contribution in [3.8, 4) is 11.4 Å². The van der Waals surface area contributed by atoms with E-state index in [1.54, 1.807) is 12.4 Å². The summed E-state index contributed by atoms with van der Waals surface area (Å²) in [5.41, 5.74) is 0.722. The van der Waals surface area contributed by atoms with Gasteiger partial charge in [0.2, 0.25) is 0 Å². The molecule has 2 rings (SSSR count). The van der Waals surface area contributed by atoms with Gasteiger partial charge < -0.3 is 0 Å². The van der Waals surface area contributed by atoms with Gasteiger partial charge >= 0.3 is 0 Å². The minimum Gasteiger partial charge on any atom is -0.295 e. The first-order valence-electron chi connectivity index (χ1n) is 4.93. The monoisotopic (exact) mass is 235 g/mol. The van der Waals surface area contributed by atoms with Gasteiger partial charge in [0, 0.05) is 17.9 Å². The van der Waals surface area contributed by atoms with Crippen LogP contribution in [0.15, 0.2) is 18.7 Å². The van der Waals surface area contributed by atoms with Gasteiger partial charge in [0.05, 0.1) is 5.56 Å². The van der Waals surface area contributed by atoms with Crippen LogP contribution < -0.4 is 0 Å². The molecule has 0 unspecified atom stereocenters. The van der Waals surface area contributed by atoms with Crippen molar-refractivity contribution >= 4 is 12.2 Å². The van der Waals surface area contributed by atoms with Gasteiger partial charge in [-0.25, -0.2) is 9.97 Å². The van der Waals surface area contributed by atoms with Gasteiger partial charge in [0.15, 0.2) is 10.6 Å². The Hall–Kier alpha value is -1.56. The van der Waals surface area contributed by atoms with E-state index in [2.05, 4.69) is 40.9 Å². The van der Waals surface area contributed by atoms with Crippen LogP contribution in [0.4, 0.5) is 0 Å². The zero-order valence-electron chi connectivity index (χ0n) is 9.43. The molecule has 0 aromatic carbocycles. The fraction of sp³-hybridized carbons (Fsp3) is 0.400. The lowest BCUT2D eigenvalue weighted by Gasteiger charge is -2.22. The number of hydrogen-bond acceptors (Lipinski definition) is 4. The highest BCUT2D eigenvalue weighted by atomic mass is 32.1. The van der Waals surface area contributed by atoms with E-state index >= 15 is 0 Å². The lowest BCUT2D eigenvalue weighted by atomic mass is 10.1. The van der Waals surface area contributed by atoms with Gasteiger partial charge in [-0.05, 0) is 33.0 Å². The first-order chi connectivity index (χ1) is 7.50. The Balaban J connectivity index is 2.64. The van der Waals surface area contributed by atoms with Crippen molar-refractivity contribution in [1.82, 2.24) is 24.7 Å². The van der Waals surface area contributed by atoms with Crippen LogP contribution in [-0.4, -0.2) is 24.7 Å². The summed E-state index contributed by atoms with van der Waals surface area (Å²) in [5.74, 6) is 0.762. The summed E-state index contributed by atoms with van der Waals surface area (Å²) < 4.78 is 2.56. The molecule has 2 aromatic heterocycles. The standard InChI is InChI=1S/C10H13N5S/c1-10(2,3)15-8(13-14-9(15)16)7-4-11-6-12-5-7/h4-6H,1-3H3,(H,14,16). The van der Waals surface area contributed by atoms with Gasteiger partial charge in [-0.15, -0.1) is 0 Å². The molecule has 0 aliphatic rings. The van der Waals surface area contributed by atoms with Crippen molar-refractivity contribution in [2.75, 3.05) is 0 Å². The van der Waals surface area contributed by atoms with Crippen molar-refractivity contribution in [2.24, 2.45) is 0 Å². The molecular formula is C10H13N5S. The van der Waals surface area contributed by atoms with Crippen molar-refractivity contribution in [3.63, 3.8) is 0 Å². The average Bonchev–Trinajstić information content (AvgIpc) is 2.61. The highest BCUT2D eigenvalue weighted by Gasteiger charge is 2.20. The maximum Gasteiger partial charge on any atom is 0.195 e. The van der Waals surface area contributed by atoms with Crippen molar-refractivity contribution in [1.29, 1.82) is 0 Å². The summed E-state index contributed by atoms with van der Waals surface area (Å²) in [5, 5.41) is 7.02. The molecule has 0 saturated heterocycles. The molecule has 0 atom stereocenters. The number of hydrogen-bond donors (Lipinski definition) is 1.